The third-order valence-electron chi connectivity index (χ3n) is 3.79. The predicted octanol–water partition coefficient (Wildman–Crippen LogP) is 2.10. The van der Waals surface area contributed by atoms with Crippen LogP contribution in [-0.2, 0) is 14.2 Å². The molecule has 8 heteroatoms. The van der Waals surface area contributed by atoms with E-state index in [4.69, 9.17) is 14.2 Å². The van der Waals surface area contributed by atoms with E-state index < -0.39 is 11.9 Å². The Bertz CT molecular complexity index is 767. The van der Waals surface area contributed by atoms with Gasteiger partial charge in [-0.05, 0) is 6.92 Å². The molecule has 0 atom stereocenters. The second-order valence-corrected chi connectivity index (χ2v) is 6.04. The van der Waals surface area contributed by atoms with Crippen LogP contribution in [0.5, 0.6) is 0 Å². The van der Waals surface area contributed by atoms with E-state index in [0.29, 0.717) is 42.9 Å². The SMILES string of the molecule is CCOC(=O)c1cnc2c(C(=O)OC)csc2c1N1CCOCC1. The Morgan fingerprint density at radius 1 is 1.29 bits per heavy atom. The van der Waals surface area contributed by atoms with E-state index in [1.807, 2.05) is 0 Å². The lowest BCUT2D eigenvalue weighted by atomic mass is 10.1. The quantitative estimate of drug-likeness (QED) is 0.781. The summed E-state index contributed by atoms with van der Waals surface area (Å²) < 4.78 is 16.1. The van der Waals surface area contributed by atoms with E-state index in [0.717, 1.165) is 10.4 Å². The maximum Gasteiger partial charge on any atom is 0.341 e. The van der Waals surface area contributed by atoms with Crippen LogP contribution in [0.15, 0.2) is 11.6 Å². The highest BCUT2D eigenvalue weighted by molar-refractivity contribution is 7.18. The fourth-order valence-corrected chi connectivity index (χ4v) is 3.74. The van der Waals surface area contributed by atoms with Crippen molar-refractivity contribution in [3.8, 4) is 0 Å². The molecule has 2 aromatic heterocycles. The van der Waals surface area contributed by atoms with Gasteiger partial charge in [0.2, 0.25) is 0 Å². The lowest BCUT2D eigenvalue weighted by Crippen LogP contribution is -2.37. The number of nitrogens with zero attached hydrogens (tertiary/aromatic N) is 2. The minimum Gasteiger partial charge on any atom is -0.465 e. The summed E-state index contributed by atoms with van der Waals surface area (Å²) in [6.07, 6.45) is 1.48. The molecule has 0 unspecified atom stereocenters. The van der Waals surface area contributed by atoms with Gasteiger partial charge in [-0.3, -0.25) is 4.98 Å². The molecule has 0 aliphatic carbocycles. The Kier molecular flexibility index (Phi) is 4.96. The molecule has 0 spiro atoms. The smallest absolute Gasteiger partial charge is 0.341 e. The number of morpholine rings is 1. The van der Waals surface area contributed by atoms with Crippen molar-refractivity contribution in [1.29, 1.82) is 0 Å². The van der Waals surface area contributed by atoms with Crippen LogP contribution in [0.3, 0.4) is 0 Å². The molecule has 7 nitrogen and oxygen atoms in total. The molecular weight excluding hydrogens is 332 g/mol. The number of methoxy groups -OCH3 is 1. The van der Waals surface area contributed by atoms with Gasteiger partial charge in [0.15, 0.2) is 0 Å². The number of pyridine rings is 1. The second-order valence-electron chi connectivity index (χ2n) is 5.16. The van der Waals surface area contributed by atoms with Crippen molar-refractivity contribution in [2.24, 2.45) is 0 Å². The highest BCUT2D eigenvalue weighted by atomic mass is 32.1. The minimum atomic E-state index is -0.439. The summed E-state index contributed by atoms with van der Waals surface area (Å²) in [4.78, 5) is 30.7. The average molecular weight is 350 g/mol. The highest BCUT2D eigenvalue weighted by Crippen LogP contribution is 2.36. The summed E-state index contributed by atoms with van der Waals surface area (Å²) in [5, 5.41) is 1.71. The summed E-state index contributed by atoms with van der Waals surface area (Å²) >= 11 is 1.37. The van der Waals surface area contributed by atoms with Crippen LogP contribution in [0, 0.1) is 0 Å². The molecule has 0 N–H and O–H groups in total. The van der Waals surface area contributed by atoms with Gasteiger partial charge < -0.3 is 19.1 Å². The zero-order valence-electron chi connectivity index (χ0n) is 13.5. The molecule has 1 saturated heterocycles. The van der Waals surface area contributed by atoms with Crippen LogP contribution in [0.2, 0.25) is 0 Å². The molecule has 0 amide bonds. The first-order valence-corrected chi connectivity index (χ1v) is 8.53. The first-order valence-electron chi connectivity index (χ1n) is 7.65. The molecule has 0 radical (unpaired) electrons. The fourth-order valence-electron chi connectivity index (χ4n) is 2.67. The Morgan fingerprint density at radius 3 is 2.71 bits per heavy atom. The van der Waals surface area contributed by atoms with Crippen molar-refractivity contribution in [3.63, 3.8) is 0 Å². The van der Waals surface area contributed by atoms with Gasteiger partial charge in [-0.1, -0.05) is 0 Å². The van der Waals surface area contributed by atoms with Gasteiger partial charge in [0, 0.05) is 24.7 Å². The fraction of sp³-hybridized carbons (Fsp3) is 0.438. The molecule has 3 rings (SSSR count). The Hall–Kier alpha value is -2.19. The number of anilines is 1. The first-order chi connectivity index (χ1) is 11.7. The van der Waals surface area contributed by atoms with Crippen molar-refractivity contribution < 1.29 is 23.8 Å². The number of carbonyl (C=O) groups excluding carboxylic acids is 2. The van der Waals surface area contributed by atoms with Crippen LogP contribution in [0.4, 0.5) is 5.69 Å². The Balaban J connectivity index is 2.16. The molecule has 0 saturated carbocycles. The molecule has 24 heavy (non-hydrogen) atoms. The number of carbonyl (C=O) groups is 2. The number of thiophene rings is 1. The van der Waals surface area contributed by atoms with Crippen LogP contribution in [0.25, 0.3) is 10.2 Å². The van der Waals surface area contributed by atoms with E-state index in [1.54, 1.807) is 12.3 Å². The number of fused-ring (bicyclic) bond motifs is 1. The summed E-state index contributed by atoms with van der Waals surface area (Å²) in [6.45, 7) is 4.55. The molecule has 0 aromatic carbocycles. The van der Waals surface area contributed by atoms with Crippen molar-refractivity contribution in [1.82, 2.24) is 4.98 Å². The highest BCUT2D eigenvalue weighted by Gasteiger charge is 2.26. The van der Waals surface area contributed by atoms with Crippen LogP contribution >= 0.6 is 11.3 Å². The number of ether oxygens (including phenoxy) is 3. The van der Waals surface area contributed by atoms with Gasteiger partial charge in [-0.2, -0.15) is 0 Å². The van der Waals surface area contributed by atoms with Crippen molar-refractivity contribution in [2.75, 3.05) is 44.9 Å². The van der Waals surface area contributed by atoms with E-state index in [-0.39, 0.29) is 6.61 Å². The lowest BCUT2D eigenvalue weighted by molar-refractivity contribution is 0.0525. The van der Waals surface area contributed by atoms with Crippen LogP contribution in [0.1, 0.15) is 27.6 Å². The normalized spacial score (nSPS) is 14.7. The lowest BCUT2D eigenvalue weighted by Gasteiger charge is -2.30. The van der Waals surface area contributed by atoms with Crippen molar-refractivity contribution in [3.05, 3.63) is 22.7 Å². The van der Waals surface area contributed by atoms with Crippen LogP contribution in [-0.4, -0.2) is 56.9 Å². The number of hydrogen-bond donors (Lipinski definition) is 0. The Labute approximate surface area is 143 Å². The number of esters is 2. The van der Waals surface area contributed by atoms with E-state index in [1.165, 1.54) is 24.6 Å². The minimum absolute atomic E-state index is 0.289. The zero-order chi connectivity index (χ0) is 17.1. The maximum absolute atomic E-state index is 12.3. The summed E-state index contributed by atoms with van der Waals surface area (Å²) in [7, 11) is 1.34. The number of aromatic nitrogens is 1. The molecule has 1 aliphatic heterocycles. The first kappa shape index (κ1) is 16.7. The van der Waals surface area contributed by atoms with E-state index >= 15 is 0 Å². The number of hydrogen-bond acceptors (Lipinski definition) is 8. The third kappa shape index (κ3) is 2.94. The molecule has 128 valence electrons. The molecular formula is C16H18N2O5S. The van der Waals surface area contributed by atoms with Gasteiger partial charge in [0.25, 0.3) is 0 Å². The van der Waals surface area contributed by atoms with Crippen molar-refractivity contribution >= 4 is 39.2 Å². The summed E-state index contributed by atoms with van der Waals surface area (Å²) in [5.41, 5.74) is 2.11. The van der Waals surface area contributed by atoms with E-state index in [2.05, 4.69) is 9.88 Å². The summed E-state index contributed by atoms with van der Waals surface area (Å²) in [5.74, 6) is -0.855. The Morgan fingerprint density at radius 2 is 2.04 bits per heavy atom. The van der Waals surface area contributed by atoms with Gasteiger partial charge in [-0.15, -0.1) is 11.3 Å². The maximum atomic E-state index is 12.3. The molecule has 0 bridgehead atoms. The van der Waals surface area contributed by atoms with E-state index in [9.17, 15) is 9.59 Å². The molecule has 1 aliphatic rings. The topological polar surface area (TPSA) is 78.0 Å². The third-order valence-corrected chi connectivity index (χ3v) is 4.76. The monoisotopic (exact) mass is 350 g/mol. The molecule has 3 heterocycles. The zero-order valence-corrected chi connectivity index (χ0v) is 14.4. The van der Waals surface area contributed by atoms with Gasteiger partial charge in [-0.25, -0.2) is 9.59 Å². The van der Waals surface area contributed by atoms with Gasteiger partial charge >= 0.3 is 11.9 Å². The van der Waals surface area contributed by atoms with Crippen molar-refractivity contribution in [2.45, 2.75) is 6.92 Å². The van der Waals surface area contributed by atoms with Crippen LogP contribution < -0.4 is 4.90 Å². The standard InChI is InChI=1S/C16H18N2O5S/c1-3-23-16(20)10-8-17-12-11(15(19)21-2)9-24-14(12)13(10)18-4-6-22-7-5-18/h8-9H,3-7H2,1-2H3. The number of rotatable bonds is 4. The molecule has 1 fully saturated rings. The predicted molar refractivity (Wildman–Crippen MR) is 89.9 cm³/mol. The van der Waals surface area contributed by atoms with Gasteiger partial charge in [0.1, 0.15) is 5.56 Å². The average Bonchev–Trinajstić information content (AvgIpc) is 3.05. The largest absolute Gasteiger partial charge is 0.465 e. The summed E-state index contributed by atoms with van der Waals surface area (Å²) in [6, 6.07) is 0. The second kappa shape index (κ2) is 7.14. The molecule has 2 aromatic rings. The van der Waals surface area contributed by atoms with Gasteiger partial charge in [0.05, 0.1) is 48.4 Å².